The fourth-order valence-corrected chi connectivity index (χ4v) is 6.56. The smallest absolute Gasteiger partial charge is 0.410 e. The van der Waals surface area contributed by atoms with Crippen LogP contribution in [-0.2, 0) is 11.2 Å². The molecule has 6 rings (SSSR count). The van der Waals surface area contributed by atoms with E-state index in [4.69, 9.17) is 4.74 Å². The van der Waals surface area contributed by atoms with Crippen molar-refractivity contribution in [3.63, 3.8) is 0 Å². The number of aliphatic hydroxyl groups is 1. The van der Waals surface area contributed by atoms with Gasteiger partial charge in [-0.2, -0.15) is 0 Å². The van der Waals surface area contributed by atoms with Crippen molar-refractivity contribution in [2.24, 2.45) is 0 Å². The summed E-state index contributed by atoms with van der Waals surface area (Å²) in [4.78, 5) is 15.1. The number of carbonyl (C=O) groups is 1. The molecule has 180 valence electrons. The van der Waals surface area contributed by atoms with Crippen molar-refractivity contribution < 1.29 is 19.0 Å². The number of ether oxygens (including phenoxy) is 1. The lowest BCUT2D eigenvalue weighted by Gasteiger charge is -2.43. The van der Waals surface area contributed by atoms with Crippen LogP contribution in [0.5, 0.6) is 0 Å². The summed E-state index contributed by atoms with van der Waals surface area (Å²) in [7, 11) is 0. The number of hydrogen-bond acceptors (Lipinski definition) is 3. The first-order valence-electron chi connectivity index (χ1n) is 12.6. The fraction of sp³-hybridized carbons (Fsp3) is 0.367. The molecule has 0 radical (unpaired) electrons. The summed E-state index contributed by atoms with van der Waals surface area (Å²) in [6, 6.07) is 23.3. The Balaban J connectivity index is 1.12. The van der Waals surface area contributed by atoms with Gasteiger partial charge in [0, 0.05) is 18.0 Å². The molecule has 0 spiro atoms. The molecule has 0 aromatic heterocycles. The third-order valence-corrected chi connectivity index (χ3v) is 8.22. The minimum atomic E-state index is -0.881. The molecule has 2 fully saturated rings. The number of amides is 1. The summed E-state index contributed by atoms with van der Waals surface area (Å²) in [5.74, 6) is -0.193. The molecule has 1 aliphatic carbocycles. The summed E-state index contributed by atoms with van der Waals surface area (Å²) < 4.78 is 20.0. The van der Waals surface area contributed by atoms with Crippen LogP contribution in [0.1, 0.15) is 54.7 Å². The number of benzene rings is 3. The van der Waals surface area contributed by atoms with Gasteiger partial charge in [-0.15, -0.1) is 0 Å². The molecule has 5 heteroatoms. The first kappa shape index (κ1) is 22.3. The Morgan fingerprint density at radius 2 is 1.49 bits per heavy atom. The van der Waals surface area contributed by atoms with Gasteiger partial charge in [-0.3, -0.25) is 0 Å². The van der Waals surface area contributed by atoms with Crippen molar-refractivity contribution in [3.05, 3.63) is 95.3 Å². The second-order valence-electron chi connectivity index (χ2n) is 10.3. The van der Waals surface area contributed by atoms with Crippen LogP contribution in [0.3, 0.4) is 0 Å². The van der Waals surface area contributed by atoms with Crippen LogP contribution in [0.2, 0.25) is 0 Å². The molecule has 35 heavy (non-hydrogen) atoms. The van der Waals surface area contributed by atoms with Crippen LogP contribution in [0.25, 0.3) is 11.1 Å². The molecule has 2 aliphatic heterocycles. The first-order valence-corrected chi connectivity index (χ1v) is 12.6. The van der Waals surface area contributed by atoms with Crippen LogP contribution in [0.4, 0.5) is 9.18 Å². The van der Waals surface area contributed by atoms with E-state index >= 15 is 0 Å². The van der Waals surface area contributed by atoms with Crippen molar-refractivity contribution in [1.82, 2.24) is 4.90 Å². The number of halogens is 1. The van der Waals surface area contributed by atoms with Crippen molar-refractivity contribution in [2.45, 2.75) is 62.1 Å². The average Bonchev–Trinajstić information content (AvgIpc) is 3.34. The third kappa shape index (κ3) is 4.02. The SMILES string of the molecule is O=C(OCC1c2ccccc2-c2ccccc21)N1C2CCC1CC(O)(CCc1ccccc1F)C2. The van der Waals surface area contributed by atoms with E-state index < -0.39 is 5.60 Å². The van der Waals surface area contributed by atoms with E-state index in [0.717, 1.165) is 12.8 Å². The molecule has 3 aromatic rings. The molecule has 1 amide bonds. The second-order valence-corrected chi connectivity index (χ2v) is 10.3. The van der Waals surface area contributed by atoms with Crippen molar-refractivity contribution in [1.29, 1.82) is 0 Å². The van der Waals surface area contributed by atoms with Crippen LogP contribution >= 0.6 is 0 Å². The molecule has 2 bridgehead atoms. The van der Waals surface area contributed by atoms with Gasteiger partial charge < -0.3 is 14.7 Å². The Bertz CT molecular complexity index is 1200. The molecule has 2 saturated heterocycles. The number of nitrogens with zero attached hydrogens (tertiary/aromatic N) is 1. The van der Waals surface area contributed by atoms with Crippen molar-refractivity contribution in [2.75, 3.05) is 6.61 Å². The largest absolute Gasteiger partial charge is 0.448 e. The van der Waals surface area contributed by atoms with E-state index in [9.17, 15) is 14.3 Å². The highest BCUT2D eigenvalue weighted by molar-refractivity contribution is 5.79. The monoisotopic (exact) mass is 471 g/mol. The normalized spacial score (nSPS) is 24.8. The van der Waals surface area contributed by atoms with Crippen molar-refractivity contribution >= 4 is 6.09 Å². The summed E-state index contributed by atoms with van der Waals surface area (Å²) in [5, 5.41) is 11.3. The van der Waals surface area contributed by atoms with E-state index in [0.29, 0.717) is 37.9 Å². The van der Waals surface area contributed by atoms with E-state index in [-0.39, 0.29) is 29.9 Å². The van der Waals surface area contributed by atoms with Gasteiger partial charge in [0.2, 0.25) is 0 Å². The van der Waals surface area contributed by atoms with Gasteiger partial charge in [0.15, 0.2) is 0 Å². The summed E-state index contributed by atoms with van der Waals surface area (Å²) >= 11 is 0. The summed E-state index contributed by atoms with van der Waals surface area (Å²) in [6.45, 7) is 0.306. The van der Waals surface area contributed by atoms with Gasteiger partial charge in [-0.1, -0.05) is 66.7 Å². The minimum absolute atomic E-state index is 0.0324. The molecule has 2 heterocycles. The van der Waals surface area contributed by atoms with Crippen LogP contribution in [0.15, 0.2) is 72.8 Å². The highest BCUT2D eigenvalue weighted by Crippen LogP contribution is 2.46. The number of aryl methyl sites for hydroxylation is 1. The Labute approximate surface area is 205 Å². The molecule has 3 aromatic carbocycles. The third-order valence-electron chi connectivity index (χ3n) is 8.22. The molecule has 2 atom stereocenters. The van der Waals surface area contributed by atoms with Crippen LogP contribution in [-0.4, -0.2) is 40.4 Å². The molecule has 1 N–H and O–H groups in total. The van der Waals surface area contributed by atoms with Crippen LogP contribution in [0, 0.1) is 5.82 Å². The van der Waals surface area contributed by atoms with Gasteiger partial charge >= 0.3 is 6.09 Å². The lowest BCUT2D eigenvalue weighted by atomic mass is 9.82. The number of rotatable bonds is 5. The number of carbonyl (C=O) groups excluding carboxylic acids is 1. The molecule has 3 aliphatic rings. The number of fused-ring (bicyclic) bond motifs is 5. The quantitative estimate of drug-likeness (QED) is 0.492. The van der Waals surface area contributed by atoms with E-state index in [1.165, 1.54) is 28.3 Å². The topological polar surface area (TPSA) is 49.8 Å². The van der Waals surface area contributed by atoms with Gasteiger partial charge in [0.1, 0.15) is 12.4 Å². The van der Waals surface area contributed by atoms with Crippen LogP contribution < -0.4 is 0 Å². The molecular weight excluding hydrogens is 441 g/mol. The Morgan fingerprint density at radius 3 is 2.11 bits per heavy atom. The minimum Gasteiger partial charge on any atom is -0.448 e. The van der Waals surface area contributed by atoms with Crippen molar-refractivity contribution in [3.8, 4) is 11.1 Å². The Morgan fingerprint density at radius 1 is 0.914 bits per heavy atom. The van der Waals surface area contributed by atoms with E-state index in [2.05, 4.69) is 24.3 Å². The van der Waals surface area contributed by atoms with E-state index in [1.54, 1.807) is 12.1 Å². The number of hydrogen-bond donors (Lipinski definition) is 1. The Kier molecular flexibility index (Phi) is 5.60. The standard InChI is InChI=1S/C30H30FNO3/c31-28-12-6-1-7-20(28)15-16-30(34)17-21-13-14-22(18-30)32(21)29(33)35-19-27-25-10-4-2-8-23(25)24-9-3-5-11-26(24)27/h1-12,21-22,27,34H,13-19H2. The first-order chi connectivity index (χ1) is 17.0. The predicted molar refractivity (Wildman–Crippen MR) is 133 cm³/mol. The van der Waals surface area contributed by atoms with E-state index in [1.807, 2.05) is 35.2 Å². The maximum atomic E-state index is 14.0. The Hall–Kier alpha value is -3.18. The zero-order valence-electron chi connectivity index (χ0n) is 19.7. The molecule has 2 unspecified atom stereocenters. The zero-order valence-corrected chi connectivity index (χ0v) is 19.7. The van der Waals surface area contributed by atoms with Gasteiger partial charge in [-0.25, -0.2) is 9.18 Å². The second kappa shape index (κ2) is 8.80. The zero-order chi connectivity index (χ0) is 24.0. The molecule has 4 nitrogen and oxygen atoms in total. The maximum absolute atomic E-state index is 14.0. The fourth-order valence-electron chi connectivity index (χ4n) is 6.56. The number of piperidine rings is 1. The highest BCUT2D eigenvalue weighted by atomic mass is 19.1. The summed E-state index contributed by atoms with van der Waals surface area (Å²) in [5.41, 5.74) is 4.57. The maximum Gasteiger partial charge on any atom is 0.410 e. The molecular formula is C30H30FNO3. The summed E-state index contributed by atoms with van der Waals surface area (Å²) in [6.07, 6.45) is 3.49. The average molecular weight is 472 g/mol. The van der Waals surface area contributed by atoms with Gasteiger partial charge in [-0.05, 0) is 72.4 Å². The predicted octanol–water partition coefficient (Wildman–Crippen LogP) is 6.07. The van der Waals surface area contributed by atoms with Gasteiger partial charge in [0.25, 0.3) is 0 Å². The van der Waals surface area contributed by atoms with Gasteiger partial charge in [0.05, 0.1) is 5.60 Å². The molecule has 0 saturated carbocycles. The lowest BCUT2D eigenvalue weighted by molar-refractivity contribution is -0.0534. The lowest BCUT2D eigenvalue weighted by Crippen LogP contribution is -2.53. The highest BCUT2D eigenvalue weighted by Gasteiger charge is 2.49.